The van der Waals surface area contributed by atoms with Gasteiger partial charge < -0.3 is 0 Å². The first-order chi connectivity index (χ1) is 8.67. The molecule has 0 aliphatic carbocycles. The highest BCUT2D eigenvalue weighted by Crippen LogP contribution is 2.22. The number of hydrogen-bond donors (Lipinski definition) is 0. The van der Waals surface area contributed by atoms with Gasteiger partial charge in [0.2, 0.25) is 0 Å². The molecule has 0 amide bonds. The molecule has 1 aromatic heterocycles. The van der Waals surface area contributed by atoms with Gasteiger partial charge in [-0.05, 0) is 36.8 Å². The average Bonchev–Trinajstić information content (AvgIpc) is 2.10. The largest absolute Gasteiger partial charge is 0.258 e. The maximum Gasteiger partial charge on any atom is 0.0645 e. The van der Waals surface area contributed by atoms with Crippen LogP contribution in [0.1, 0.15) is 48.7 Å². The van der Waals surface area contributed by atoms with Crippen LogP contribution in [0.3, 0.4) is 0 Å². The summed E-state index contributed by atoms with van der Waals surface area (Å²) in [5, 5.41) is 0. The van der Waals surface area contributed by atoms with Crippen molar-refractivity contribution >= 4 is 0 Å². The summed E-state index contributed by atoms with van der Waals surface area (Å²) >= 11 is 0. The third-order valence-electron chi connectivity index (χ3n) is 1.46. The van der Waals surface area contributed by atoms with E-state index in [-0.39, 0.29) is 17.6 Å². The zero-order chi connectivity index (χ0) is 16.1. The summed E-state index contributed by atoms with van der Waals surface area (Å²) in [7, 11) is 0. The number of rotatable bonds is 0. The molecule has 0 aliphatic heterocycles. The lowest BCUT2D eigenvalue weighted by molar-refractivity contribution is 0.587. The van der Waals surface area contributed by atoms with Crippen molar-refractivity contribution in [1.82, 2.24) is 4.98 Å². The Labute approximate surface area is 86.1 Å². The van der Waals surface area contributed by atoms with Gasteiger partial charge in [0.15, 0.2) is 0 Å². The van der Waals surface area contributed by atoms with Gasteiger partial charge in [0.25, 0.3) is 0 Å². The van der Waals surface area contributed by atoms with E-state index in [0.717, 1.165) is 0 Å². The Morgan fingerprint density at radius 2 is 1.75 bits per heavy atom. The van der Waals surface area contributed by atoms with Crippen LogP contribution in [0.15, 0.2) is 12.1 Å². The third kappa shape index (κ3) is 2.07. The van der Waals surface area contributed by atoms with Crippen molar-refractivity contribution < 1.29 is 11.0 Å². The maximum atomic E-state index is 7.97. The van der Waals surface area contributed by atoms with Gasteiger partial charge in [0.05, 0.1) is 2.74 Å². The van der Waals surface area contributed by atoms with Crippen LogP contribution in [0.2, 0.25) is 0 Å². The van der Waals surface area contributed by atoms with Gasteiger partial charge in [-0.15, -0.1) is 0 Å². The van der Waals surface area contributed by atoms with E-state index in [1.165, 1.54) is 0 Å². The number of nitrogens with zero attached hydrogens (tertiary/aromatic N) is 1. The molecule has 0 N–H and O–H groups in total. The zero-order valence-corrected chi connectivity index (χ0v) is 7.45. The first kappa shape index (κ1) is 3.13. The first-order valence-electron chi connectivity index (χ1n) is 7.70. The molecule has 1 aromatic rings. The normalized spacial score (nSPS) is 23.6. The molecule has 0 bridgehead atoms. The van der Waals surface area contributed by atoms with E-state index in [1.807, 2.05) is 0 Å². The summed E-state index contributed by atoms with van der Waals surface area (Å²) in [6, 6.07) is -0.758. The second-order valence-corrected chi connectivity index (χ2v) is 3.68. The molecule has 0 atom stereocenters. The van der Waals surface area contributed by atoms with Crippen LogP contribution in [-0.2, 0) is 5.41 Å². The lowest BCUT2D eigenvalue weighted by atomic mass is 9.87. The monoisotopic (exact) mass is 171 g/mol. The highest BCUT2D eigenvalue weighted by Gasteiger charge is 2.13. The summed E-state index contributed by atoms with van der Waals surface area (Å²) in [6.07, 6.45) is 0. The Hall–Kier alpha value is -0.850. The lowest BCUT2D eigenvalue weighted by Crippen LogP contribution is -2.12. The minimum Gasteiger partial charge on any atom is -0.258 e. The molecule has 1 heteroatoms. The van der Waals surface area contributed by atoms with Crippen LogP contribution in [-0.4, -0.2) is 4.98 Å². The number of pyridine rings is 1. The molecular weight excluding hydrogens is 146 g/mol. The molecule has 0 radical (unpaired) electrons. The fraction of sp³-hybridized carbons (Fsp3) is 0.545. The van der Waals surface area contributed by atoms with Crippen molar-refractivity contribution in [2.24, 2.45) is 0 Å². The molecule has 0 spiro atoms. The van der Waals surface area contributed by atoms with Crippen LogP contribution in [0.5, 0.6) is 0 Å². The average molecular weight is 171 g/mol. The van der Waals surface area contributed by atoms with Gasteiger partial charge >= 0.3 is 0 Å². The highest BCUT2D eigenvalue weighted by molar-refractivity contribution is 5.26. The van der Waals surface area contributed by atoms with Crippen LogP contribution in [0.4, 0.5) is 0 Å². The van der Waals surface area contributed by atoms with E-state index < -0.39 is 30.5 Å². The van der Waals surface area contributed by atoms with Crippen LogP contribution >= 0.6 is 0 Å². The predicted octanol–water partition coefficient (Wildman–Crippen LogP) is 3.00. The molecule has 0 aliphatic rings. The number of hydrogen-bond acceptors (Lipinski definition) is 1. The van der Waals surface area contributed by atoms with Gasteiger partial charge in [-0.1, -0.05) is 20.8 Å². The molecule has 0 aromatic carbocycles. The smallest absolute Gasteiger partial charge is 0.0645 e. The standard InChI is InChI=1S/C11H17N/c1-8-6-10(11(3,4)5)7-9(2)12-8/h6-7H,1-5H3/i1D3,2D3,6D,7D. The summed E-state index contributed by atoms with van der Waals surface area (Å²) in [5.41, 5.74) is -1.77. The van der Waals surface area contributed by atoms with Crippen molar-refractivity contribution in [3.63, 3.8) is 0 Å². The van der Waals surface area contributed by atoms with Gasteiger partial charge in [-0.2, -0.15) is 0 Å². The molecule has 0 fully saturated rings. The second-order valence-electron chi connectivity index (χ2n) is 3.68. The van der Waals surface area contributed by atoms with Gasteiger partial charge in [0.1, 0.15) is 0 Å². The lowest BCUT2D eigenvalue weighted by Gasteiger charge is -2.19. The van der Waals surface area contributed by atoms with E-state index in [2.05, 4.69) is 4.98 Å². The Morgan fingerprint density at radius 3 is 2.08 bits per heavy atom. The fourth-order valence-corrected chi connectivity index (χ4v) is 0.811. The van der Waals surface area contributed by atoms with E-state index in [9.17, 15) is 0 Å². The third-order valence-corrected chi connectivity index (χ3v) is 1.46. The summed E-state index contributed by atoms with van der Waals surface area (Å²) in [6.45, 7) is -0.281. The molecule has 0 saturated carbocycles. The summed E-state index contributed by atoms with van der Waals surface area (Å²) < 4.78 is 60.3. The number of aromatic nitrogens is 1. The molecule has 1 nitrogen and oxygen atoms in total. The molecule has 0 unspecified atom stereocenters. The second kappa shape index (κ2) is 2.89. The Morgan fingerprint density at radius 1 is 1.25 bits per heavy atom. The Balaban J connectivity index is 3.86. The first-order valence-corrected chi connectivity index (χ1v) is 3.70. The van der Waals surface area contributed by atoms with Gasteiger partial charge in [-0.3, -0.25) is 4.98 Å². The molecule has 1 heterocycles. The van der Waals surface area contributed by atoms with E-state index in [0.29, 0.717) is 0 Å². The van der Waals surface area contributed by atoms with E-state index in [1.54, 1.807) is 20.8 Å². The number of aryl methyl sites for hydroxylation is 2. The summed E-state index contributed by atoms with van der Waals surface area (Å²) in [5.74, 6) is 0. The molecular formula is C11H17N. The molecule has 1 rings (SSSR count). The summed E-state index contributed by atoms with van der Waals surface area (Å²) in [4.78, 5) is 3.59. The quantitative estimate of drug-likeness (QED) is 0.585. The van der Waals surface area contributed by atoms with E-state index >= 15 is 0 Å². The van der Waals surface area contributed by atoms with Crippen LogP contribution in [0.25, 0.3) is 0 Å². The van der Waals surface area contributed by atoms with Crippen molar-refractivity contribution in [1.29, 1.82) is 0 Å². The topological polar surface area (TPSA) is 12.9 Å². The Kier molecular flexibility index (Phi) is 0.754. The van der Waals surface area contributed by atoms with Crippen molar-refractivity contribution in [3.05, 3.63) is 29.0 Å². The Bertz CT molecular complexity index is 483. The molecule has 0 saturated heterocycles. The minimum absolute atomic E-state index is 0.0877. The predicted molar refractivity (Wildman–Crippen MR) is 52.4 cm³/mol. The van der Waals surface area contributed by atoms with Crippen molar-refractivity contribution in [3.8, 4) is 0 Å². The van der Waals surface area contributed by atoms with Crippen molar-refractivity contribution in [2.75, 3.05) is 0 Å². The molecule has 12 heavy (non-hydrogen) atoms. The van der Waals surface area contributed by atoms with Gasteiger partial charge in [-0.25, -0.2) is 0 Å². The van der Waals surface area contributed by atoms with Gasteiger partial charge in [0, 0.05) is 19.6 Å². The fourth-order valence-electron chi connectivity index (χ4n) is 0.811. The molecule has 66 valence electrons. The maximum absolute atomic E-state index is 7.97. The van der Waals surface area contributed by atoms with Crippen molar-refractivity contribution in [2.45, 2.75) is 39.9 Å². The van der Waals surface area contributed by atoms with Crippen LogP contribution < -0.4 is 0 Å². The van der Waals surface area contributed by atoms with E-state index in [4.69, 9.17) is 11.0 Å². The SMILES string of the molecule is [2H]c1c(C([2H])([2H])[2H])nc(C([2H])([2H])[2H])c([2H])c1C(C)(C)C. The highest BCUT2D eigenvalue weighted by atomic mass is 14.7. The minimum atomic E-state index is -2.69. The van der Waals surface area contributed by atoms with Crippen LogP contribution in [0, 0.1) is 13.7 Å². The zero-order valence-electron chi connectivity index (χ0n) is 15.4.